The molecule has 0 spiro atoms. The zero-order valence-electron chi connectivity index (χ0n) is 8.03. The topological polar surface area (TPSA) is 0 Å². The van der Waals surface area contributed by atoms with Crippen LogP contribution in [0.2, 0.25) is 0 Å². The smallest absolute Gasteiger partial charge is 0.0355 e. The summed E-state index contributed by atoms with van der Waals surface area (Å²) in [6, 6.07) is 15.4. The Labute approximate surface area is 91.1 Å². The van der Waals surface area contributed by atoms with Crippen molar-refractivity contribution in [3.05, 3.63) is 47.8 Å². The summed E-state index contributed by atoms with van der Waals surface area (Å²) in [7, 11) is 0. The van der Waals surface area contributed by atoms with Gasteiger partial charge in [-0.05, 0) is 33.0 Å². The van der Waals surface area contributed by atoms with Gasteiger partial charge in [0.15, 0.2) is 0 Å². The first-order valence-corrected chi connectivity index (χ1v) is 5.92. The van der Waals surface area contributed by atoms with Gasteiger partial charge in [0, 0.05) is 10.1 Å². The van der Waals surface area contributed by atoms with Crippen LogP contribution >= 0.6 is 11.3 Å². The lowest BCUT2D eigenvalue weighted by Gasteiger charge is -2.04. The number of thiophene rings is 1. The summed E-state index contributed by atoms with van der Waals surface area (Å²) in [5.74, 6) is 0. The largest absolute Gasteiger partial charge is 0.143 e. The molecular formula is C14H8S. The third-order valence-corrected chi connectivity index (χ3v) is 4.05. The maximum absolute atomic E-state index is 2.25. The summed E-state index contributed by atoms with van der Waals surface area (Å²) in [6.45, 7) is 0. The molecule has 0 saturated heterocycles. The van der Waals surface area contributed by atoms with Crippen LogP contribution in [0.4, 0.5) is 0 Å². The predicted molar refractivity (Wildman–Crippen MR) is 68.0 cm³/mol. The standard InChI is InChI=1S/C14H8S/c1-2-9-4-5-11-8-15-12-7-6-10(3-1)13(9)14(11)12/h1-8H. The van der Waals surface area contributed by atoms with Crippen LogP contribution in [0.1, 0.15) is 0 Å². The van der Waals surface area contributed by atoms with Gasteiger partial charge in [0.2, 0.25) is 0 Å². The van der Waals surface area contributed by atoms with Crippen molar-refractivity contribution in [2.24, 2.45) is 0 Å². The fourth-order valence-corrected chi connectivity index (χ4v) is 3.33. The molecule has 15 heavy (non-hydrogen) atoms. The van der Waals surface area contributed by atoms with E-state index in [1.807, 2.05) is 11.3 Å². The first kappa shape index (κ1) is 7.66. The van der Waals surface area contributed by atoms with E-state index in [0.717, 1.165) is 0 Å². The zero-order valence-corrected chi connectivity index (χ0v) is 8.84. The fourth-order valence-electron chi connectivity index (χ4n) is 2.40. The van der Waals surface area contributed by atoms with Crippen LogP contribution < -0.4 is 0 Å². The molecule has 0 nitrogen and oxygen atoms in total. The van der Waals surface area contributed by atoms with E-state index in [-0.39, 0.29) is 0 Å². The second kappa shape index (κ2) is 2.50. The van der Waals surface area contributed by atoms with Gasteiger partial charge in [-0.3, -0.25) is 0 Å². The predicted octanol–water partition coefficient (Wildman–Crippen LogP) is 4.65. The molecule has 70 valence electrons. The highest BCUT2D eigenvalue weighted by molar-refractivity contribution is 7.18. The minimum Gasteiger partial charge on any atom is -0.143 e. The van der Waals surface area contributed by atoms with E-state index in [4.69, 9.17) is 0 Å². The van der Waals surface area contributed by atoms with Gasteiger partial charge < -0.3 is 0 Å². The summed E-state index contributed by atoms with van der Waals surface area (Å²) >= 11 is 1.84. The van der Waals surface area contributed by atoms with E-state index in [0.29, 0.717) is 0 Å². The van der Waals surface area contributed by atoms with Crippen LogP contribution in [-0.2, 0) is 0 Å². The average Bonchev–Trinajstić information content (AvgIpc) is 2.71. The molecule has 4 aromatic rings. The van der Waals surface area contributed by atoms with E-state index in [2.05, 4.69) is 47.8 Å². The Bertz CT molecular complexity index is 704. The summed E-state index contributed by atoms with van der Waals surface area (Å²) in [5, 5.41) is 9.19. The third-order valence-electron chi connectivity index (χ3n) is 3.08. The monoisotopic (exact) mass is 208 g/mol. The van der Waals surface area contributed by atoms with Crippen molar-refractivity contribution in [3.63, 3.8) is 0 Å². The highest BCUT2D eigenvalue weighted by Crippen LogP contribution is 2.37. The lowest BCUT2D eigenvalue weighted by Crippen LogP contribution is -1.77. The normalized spacial score (nSPS) is 12.0. The van der Waals surface area contributed by atoms with Crippen molar-refractivity contribution in [3.8, 4) is 0 Å². The van der Waals surface area contributed by atoms with Crippen LogP contribution in [0.5, 0.6) is 0 Å². The Morgan fingerprint density at radius 3 is 2.27 bits per heavy atom. The molecule has 0 bridgehead atoms. The van der Waals surface area contributed by atoms with E-state index < -0.39 is 0 Å². The van der Waals surface area contributed by atoms with Crippen LogP contribution in [0, 0.1) is 0 Å². The molecule has 1 aromatic heterocycles. The molecule has 1 heterocycles. The van der Waals surface area contributed by atoms with E-state index >= 15 is 0 Å². The fraction of sp³-hybridized carbons (Fsp3) is 0. The lowest BCUT2D eigenvalue weighted by atomic mass is 9.99. The first-order valence-electron chi connectivity index (χ1n) is 5.04. The molecule has 0 atom stereocenters. The van der Waals surface area contributed by atoms with Crippen molar-refractivity contribution in [2.45, 2.75) is 0 Å². The van der Waals surface area contributed by atoms with Crippen LogP contribution in [0.25, 0.3) is 31.6 Å². The van der Waals surface area contributed by atoms with Crippen molar-refractivity contribution in [1.29, 1.82) is 0 Å². The molecule has 0 N–H and O–H groups in total. The van der Waals surface area contributed by atoms with Gasteiger partial charge in [0.25, 0.3) is 0 Å². The van der Waals surface area contributed by atoms with Crippen molar-refractivity contribution in [2.75, 3.05) is 0 Å². The Morgan fingerprint density at radius 2 is 1.40 bits per heavy atom. The van der Waals surface area contributed by atoms with Crippen molar-refractivity contribution < 1.29 is 0 Å². The molecule has 0 fully saturated rings. The van der Waals surface area contributed by atoms with Crippen molar-refractivity contribution in [1.82, 2.24) is 0 Å². The molecule has 0 saturated carbocycles. The van der Waals surface area contributed by atoms with E-state index in [1.54, 1.807) is 0 Å². The molecule has 0 radical (unpaired) electrons. The van der Waals surface area contributed by atoms with Gasteiger partial charge in [-0.2, -0.15) is 0 Å². The minimum absolute atomic E-state index is 1.35. The second-order valence-electron chi connectivity index (χ2n) is 3.91. The first-order chi connectivity index (χ1) is 7.43. The molecule has 0 unspecified atom stereocenters. The third kappa shape index (κ3) is 0.864. The summed E-state index contributed by atoms with van der Waals surface area (Å²) in [6.07, 6.45) is 0. The minimum atomic E-state index is 1.35. The lowest BCUT2D eigenvalue weighted by molar-refractivity contribution is 1.83. The number of rotatable bonds is 0. The SMILES string of the molecule is c1cc2ccc3csc4ccc(c1)c2c34. The molecule has 0 aliphatic carbocycles. The Kier molecular flexibility index (Phi) is 1.28. The van der Waals surface area contributed by atoms with Gasteiger partial charge in [-0.15, -0.1) is 11.3 Å². The Hall–Kier alpha value is -1.60. The maximum atomic E-state index is 2.25. The van der Waals surface area contributed by atoms with Crippen LogP contribution in [0.3, 0.4) is 0 Å². The summed E-state index contributed by atoms with van der Waals surface area (Å²) in [5.41, 5.74) is 0. The summed E-state index contributed by atoms with van der Waals surface area (Å²) < 4.78 is 1.40. The molecule has 0 amide bonds. The highest BCUT2D eigenvalue weighted by Gasteiger charge is 2.07. The Balaban J connectivity index is 2.54. The summed E-state index contributed by atoms with van der Waals surface area (Å²) in [4.78, 5) is 0. The van der Waals surface area contributed by atoms with E-state index in [9.17, 15) is 0 Å². The van der Waals surface area contributed by atoms with Gasteiger partial charge in [-0.25, -0.2) is 0 Å². The van der Waals surface area contributed by atoms with Gasteiger partial charge in [0.05, 0.1) is 0 Å². The van der Waals surface area contributed by atoms with Gasteiger partial charge in [0.1, 0.15) is 0 Å². The average molecular weight is 208 g/mol. The van der Waals surface area contributed by atoms with Gasteiger partial charge >= 0.3 is 0 Å². The zero-order chi connectivity index (χ0) is 9.83. The second-order valence-corrected chi connectivity index (χ2v) is 4.82. The number of benzene rings is 3. The van der Waals surface area contributed by atoms with Crippen LogP contribution in [-0.4, -0.2) is 0 Å². The maximum Gasteiger partial charge on any atom is 0.0355 e. The number of hydrogen-bond acceptors (Lipinski definition) is 1. The van der Waals surface area contributed by atoms with Crippen LogP contribution in [0.15, 0.2) is 47.8 Å². The quantitative estimate of drug-likeness (QED) is 0.394. The molecule has 4 rings (SSSR count). The molecule has 0 aliphatic heterocycles. The van der Waals surface area contributed by atoms with Crippen molar-refractivity contribution >= 4 is 43.0 Å². The molecule has 0 aliphatic rings. The van der Waals surface area contributed by atoms with Gasteiger partial charge in [-0.1, -0.05) is 36.4 Å². The molecule has 1 heteroatoms. The number of hydrogen-bond donors (Lipinski definition) is 0. The molecule has 3 aromatic carbocycles. The Morgan fingerprint density at radius 1 is 0.667 bits per heavy atom. The molecular weight excluding hydrogens is 200 g/mol. The van der Waals surface area contributed by atoms with E-state index in [1.165, 1.54) is 31.6 Å². The highest BCUT2D eigenvalue weighted by atomic mass is 32.1.